The van der Waals surface area contributed by atoms with Crippen LogP contribution in [0.4, 0.5) is 0 Å². The summed E-state index contributed by atoms with van der Waals surface area (Å²) in [5.74, 6) is 0.0648. The monoisotopic (exact) mass is 340 g/mol. The lowest BCUT2D eigenvalue weighted by atomic mass is 10.0. The maximum atomic E-state index is 11.4. The van der Waals surface area contributed by atoms with E-state index in [0.717, 1.165) is 28.2 Å². The molecule has 2 heterocycles. The van der Waals surface area contributed by atoms with E-state index in [1.54, 1.807) is 17.8 Å². The van der Waals surface area contributed by atoms with Crippen LogP contribution in [0.1, 0.15) is 17.3 Å². The maximum absolute atomic E-state index is 11.4. The van der Waals surface area contributed by atoms with E-state index in [4.69, 9.17) is 0 Å². The zero-order valence-electron chi connectivity index (χ0n) is 14.2. The van der Waals surface area contributed by atoms with Crippen LogP contribution in [0.2, 0.25) is 0 Å². The highest BCUT2D eigenvalue weighted by Crippen LogP contribution is 2.23. The normalized spacial score (nSPS) is 10.7. The van der Waals surface area contributed by atoms with Gasteiger partial charge in [-0.3, -0.25) is 9.78 Å². The second kappa shape index (κ2) is 6.72. The lowest BCUT2D eigenvalue weighted by Crippen LogP contribution is -1.95. The molecule has 5 heteroatoms. The Morgan fingerprint density at radius 3 is 2.46 bits per heavy atom. The topological polar surface area (TPSA) is 60.7 Å². The van der Waals surface area contributed by atoms with E-state index in [-0.39, 0.29) is 5.78 Å². The van der Waals surface area contributed by atoms with E-state index in [1.165, 1.54) is 0 Å². The first-order valence-electron chi connectivity index (χ1n) is 8.26. The molecular weight excluding hydrogens is 324 g/mol. The molecule has 0 saturated heterocycles. The molecule has 0 saturated carbocycles. The SMILES string of the molecule is CC(=O)c1ccc(-c2cccc(-n3cc(-c4ccccn4)nn3)c2)cc1. The molecule has 0 N–H and O–H groups in total. The molecule has 4 rings (SSSR count). The van der Waals surface area contributed by atoms with E-state index < -0.39 is 0 Å². The van der Waals surface area contributed by atoms with Crippen molar-refractivity contribution in [2.75, 3.05) is 0 Å². The van der Waals surface area contributed by atoms with E-state index in [9.17, 15) is 4.79 Å². The summed E-state index contributed by atoms with van der Waals surface area (Å²) >= 11 is 0. The Kier molecular flexibility index (Phi) is 4.11. The van der Waals surface area contributed by atoms with Gasteiger partial charge < -0.3 is 0 Å². The summed E-state index contributed by atoms with van der Waals surface area (Å²) in [7, 11) is 0. The van der Waals surface area contributed by atoms with Gasteiger partial charge in [-0.1, -0.05) is 47.7 Å². The number of carbonyl (C=O) groups excluding carboxylic acids is 1. The number of nitrogens with zero attached hydrogens (tertiary/aromatic N) is 4. The highest BCUT2D eigenvalue weighted by Gasteiger charge is 2.07. The standard InChI is InChI=1S/C21H16N4O/c1-15(26)16-8-10-17(11-9-16)18-5-4-6-19(13-18)25-14-21(23-24-25)20-7-2-3-12-22-20/h2-14H,1H3. The summed E-state index contributed by atoms with van der Waals surface area (Å²) in [6, 6.07) is 21.3. The second-order valence-electron chi connectivity index (χ2n) is 5.95. The summed E-state index contributed by atoms with van der Waals surface area (Å²) in [5.41, 5.74) is 5.22. The largest absolute Gasteiger partial charge is 0.295 e. The summed E-state index contributed by atoms with van der Waals surface area (Å²) in [6.07, 6.45) is 3.60. The van der Waals surface area contributed by atoms with E-state index >= 15 is 0 Å². The summed E-state index contributed by atoms with van der Waals surface area (Å²) in [6.45, 7) is 1.57. The first-order chi connectivity index (χ1) is 12.7. The minimum atomic E-state index is 0.0648. The van der Waals surface area contributed by atoms with Crippen molar-refractivity contribution in [1.29, 1.82) is 0 Å². The molecule has 0 fully saturated rings. The zero-order chi connectivity index (χ0) is 17.9. The molecule has 0 atom stereocenters. The Morgan fingerprint density at radius 1 is 0.885 bits per heavy atom. The smallest absolute Gasteiger partial charge is 0.159 e. The van der Waals surface area contributed by atoms with Crippen LogP contribution < -0.4 is 0 Å². The molecule has 0 bridgehead atoms. The molecular formula is C21H16N4O. The van der Waals surface area contributed by atoms with Crippen LogP contribution in [0.5, 0.6) is 0 Å². The van der Waals surface area contributed by atoms with Gasteiger partial charge in [0.2, 0.25) is 0 Å². The van der Waals surface area contributed by atoms with E-state index in [1.807, 2.05) is 72.9 Å². The Labute approximate surface area is 151 Å². The van der Waals surface area contributed by atoms with Gasteiger partial charge in [-0.25, -0.2) is 4.68 Å². The highest BCUT2D eigenvalue weighted by atomic mass is 16.1. The van der Waals surface area contributed by atoms with Crippen molar-refractivity contribution in [3.8, 4) is 28.2 Å². The summed E-state index contributed by atoms with van der Waals surface area (Å²) < 4.78 is 1.73. The molecule has 2 aromatic heterocycles. The number of ketones is 1. The average molecular weight is 340 g/mol. The summed E-state index contributed by atoms with van der Waals surface area (Å²) in [4.78, 5) is 15.7. The van der Waals surface area contributed by atoms with Crippen LogP contribution in [0.25, 0.3) is 28.2 Å². The van der Waals surface area contributed by atoms with Gasteiger partial charge in [0.25, 0.3) is 0 Å². The molecule has 0 radical (unpaired) electrons. The fourth-order valence-electron chi connectivity index (χ4n) is 2.75. The van der Waals surface area contributed by atoms with Gasteiger partial charge in [-0.05, 0) is 42.3 Å². The molecule has 0 amide bonds. The van der Waals surface area contributed by atoms with Crippen molar-refractivity contribution in [1.82, 2.24) is 20.0 Å². The fourth-order valence-corrected chi connectivity index (χ4v) is 2.75. The van der Waals surface area contributed by atoms with Crippen LogP contribution in [-0.4, -0.2) is 25.8 Å². The molecule has 5 nitrogen and oxygen atoms in total. The van der Waals surface area contributed by atoms with Crippen molar-refractivity contribution in [2.24, 2.45) is 0 Å². The Balaban J connectivity index is 1.66. The Morgan fingerprint density at radius 2 is 1.73 bits per heavy atom. The molecule has 0 aliphatic rings. The van der Waals surface area contributed by atoms with Crippen molar-refractivity contribution in [3.63, 3.8) is 0 Å². The first kappa shape index (κ1) is 15.9. The van der Waals surface area contributed by atoms with Gasteiger partial charge in [0.05, 0.1) is 17.6 Å². The quantitative estimate of drug-likeness (QED) is 0.522. The zero-order valence-corrected chi connectivity index (χ0v) is 14.2. The van der Waals surface area contributed by atoms with Gasteiger partial charge in [0, 0.05) is 11.8 Å². The van der Waals surface area contributed by atoms with Gasteiger partial charge >= 0.3 is 0 Å². The number of carbonyl (C=O) groups is 1. The molecule has 26 heavy (non-hydrogen) atoms. The van der Waals surface area contributed by atoms with Crippen LogP contribution in [0.3, 0.4) is 0 Å². The summed E-state index contributed by atoms with van der Waals surface area (Å²) in [5, 5.41) is 8.43. The van der Waals surface area contributed by atoms with Gasteiger partial charge in [-0.2, -0.15) is 0 Å². The Hall–Kier alpha value is -3.60. The second-order valence-corrected chi connectivity index (χ2v) is 5.95. The molecule has 4 aromatic rings. The van der Waals surface area contributed by atoms with Crippen LogP contribution >= 0.6 is 0 Å². The van der Waals surface area contributed by atoms with Gasteiger partial charge in [0.1, 0.15) is 5.69 Å². The third kappa shape index (κ3) is 3.15. The number of Topliss-reactive ketones (excluding diaryl/α,β-unsaturated/α-hetero) is 1. The fraction of sp³-hybridized carbons (Fsp3) is 0.0476. The van der Waals surface area contributed by atoms with Crippen molar-refractivity contribution in [3.05, 3.63) is 84.7 Å². The molecule has 0 spiro atoms. The van der Waals surface area contributed by atoms with Crippen molar-refractivity contribution >= 4 is 5.78 Å². The molecule has 2 aromatic carbocycles. The lowest BCUT2D eigenvalue weighted by Gasteiger charge is -2.06. The Bertz CT molecular complexity index is 1050. The van der Waals surface area contributed by atoms with Crippen LogP contribution in [0.15, 0.2) is 79.1 Å². The van der Waals surface area contributed by atoms with E-state index in [0.29, 0.717) is 5.56 Å². The van der Waals surface area contributed by atoms with Crippen molar-refractivity contribution < 1.29 is 4.79 Å². The number of hydrogen-bond acceptors (Lipinski definition) is 4. The minimum Gasteiger partial charge on any atom is -0.295 e. The van der Waals surface area contributed by atoms with Crippen LogP contribution in [0, 0.1) is 0 Å². The molecule has 0 aliphatic heterocycles. The lowest BCUT2D eigenvalue weighted by molar-refractivity contribution is 0.101. The minimum absolute atomic E-state index is 0.0648. The number of aromatic nitrogens is 4. The third-order valence-electron chi connectivity index (χ3n) is 4.16. The third-order valence-corrected chi connectivity index (χ3v) is 4.16. The number of hydrogen-bond donors (Lipinski definition) is 0. The predicted molar refractivity (Wildman–Crippen MR) is 100 cm³/mol. The average Bonchev–Trinajstić information content (AvgIpc) is 3.19. The van der Waals surface area contributed by atoms with E-state index in [2.05, 4.69) is 15.3 Å². The molecule has 0 aliphatic carbocycles. The first-order valence-corrected chi connectivity index (χ1v) is 8.26. The maximum Gasteiger partial charge on any atom is 0.159 e. The molecule has 126 valence electrons. The number of benzene rings is 2. The predicted octanol–water partition coefficient (Wildman–Crippen LogP) is 4.20. The van der Waals surface area contributed by atoms with Gasteiger partial charge in [-0.15, -0.1) is 5.10 Å². The number of rotatable bonds is 4. The van der Waals surface area contributed by atoms with Crippen LogP contribution in [-0.2, 0) is 0 Å². The molecule has 0 unspecified atom stereocenters. The number of pyridine rings is 1. The van der Waals surface area contributed by atoms with Gasteiger partial charge in [0.15, 0.2) is 5.78 Å². The highest BCUT2D eigenvalue weighted by molar-refractivity contribution is 5.94. The van der Waals surface area contributed by atoms with Crippen molar-refractivity contribution in [2.45, 2.75) is 6.92 Å².